The summed E-state index contributed by atoms with van der Waals surface area (Å²) in [5, 5.41) is 3.63. The predicted molar refractivity (Wildman–Crippen MR) is 50.8 cm³/mol. The molecule has 0 unspecified atom stereocenters. The van der Waals surface area contributed by atoms with Gasteiger partial charge in [-0.05, 0) is 18.9 Å². The van der Waals surface area contributed by atoms with Crippen molar-refractivity contribution in [3.8, 4) is 0 Å². The average Bonchev–Trinajstić information content (AvgIpc) is 2.69. The number of halogens is 3. The van der Waals surface area contributed by atoms with Crippen LogP contribution in [0.15, 0.2) is 23.9 Å². The van der Waals surface area contributed by atoms with Gasteiger partial charge in [-0.25, -0.2) is 5.01 Å². The number of hydrogen-bond acceptors (Lipinski definition) is 2. The molecular weight excluding hydrogens is 205 g/mol. The third-order valence-electron chi connectivity index (χ3n) is 2.70. The zero-order valence-corrected chi connectivity index (χ0v) is 8.30. The van der Waals surface area contributed by atoms with E-state index in [1.54, 1.807) is 11.2 Å². The van der Waals surface area contributed by atoms with Gasteiger partial charge >= 0.3 is 6.18 Å². The molecule has 5 heteroatoms. The van der Waals surface area contributed by atoms with E-state index in [0.717, 1.165) is 32.0 Å². The van der Waals surface area contributed by atoms with Gasteiger partial charge < -0.3 is 5.01 Å². The monoisotopic (exact) mass is 218 g/mol. The Morgan fingerprint density at radius 1 is 1.13 bits per heavy atom. The minimum Gasteiger partial charge on any atom is -0.309 e. The molecule has 2 rings (SSSR count). The molecule has 0 N–H and O–H groups in total. The second-order valence-electron chi connectivity index (χ2n) is 3.79. The third kappa shape index (κ3) is 2.34. The molecule has 2 heterocycles. The van der Waals surface area contributed by atoms with E-state index in [4.69, 9.17) is 0 Å². The molecule has 1 saturated heterocycles. The number of alkyl halides is 3. The van der Waals surface area contributed by atoms with Crippen LogP contribution in [0.1, 0.15) is 12.8 Å². The molecule has 0 bridgehead atoms. The van der Waals surface area contributed by atoms with Crippen molar-refractivity contribution in [2.75, 3.05) is 19.6 Å². The van der Waals surface area contributed by atoms with Crippen molar-refractivity contribution >= 4 is 0 Å². The summed E-state index contributed by atoms with van der Waals surface area (Å²) in [4.78, 5) is 0. The molecule has 2 nitrogen and oxygen atoms in total. The van der Waals surface area contributed by atoms with E-state index in [1.165, 1.54) is 6.08 Å². The first-order chi connectivity index (χ1) is 7.07. The summed E-state index contributed by atoms with van der Waals surface area (Å²) in [5.74, 6) is 0. The van der Waals surface area contributed by atoms with Crippen LogP contribution in [0, 0.1) is 0 Å². The van der Waals surface area contributed by atoms with Crippen LogP contribution in [0.25, 0.3) is 0 Å². The summed E-state index contributed by atoms with van der Waals surface area (Å²) < 4.78 is 37.4. The Hall–Kier alpha value is -0.970. The summed E-state index contributed by atoms with van der Waals surface area (Å²) >= 11 is 0. The predicted octanol–water partition coefficient (Wildman–Crippen LogP) is 2.32. The van der Waals surface area contributed by atoms with Crippen molar-refractivity contribution in [1.29, 1.82) is 0 Å². The summed E-state index contributed by atoms with van der Waals surface area (Å²) in [6.07, 6.45) is 2.24. The average molecular weight is 218 g/mol. The number of nitrogens with zero attached hydrogens (tertiary/aromatic N) is 2. The van der Waals surface area contributed by atoms with Gasteiger partial charge in [-0.1, -0.05) is 6.08 Å². The van der Waals surface area contributed by atoms with Crippen LogP contribution in [-0.4, -0.2) is 35.8 Å². The van der Waals surface area contributed by atoms with Gasteiger partial charge in [0.1, 0.15) is 0 Å². The highest BCUT2D eigenvalue weighted by molar-refractivity contribution is 5.22. The Morgan fingerprint density at radius 3 is 2.40 bits per heavy atom. The van der Waals surface area contributed by atoms with E-state index in [1.807, 2.05) is 5.01 Å². The Bertz CT molecular complexity index is 288. The van der Waals surface area contributed by atoms with Crippen molar-refractivity contribution in [3.05, 3.63) is 23.9 Å². The first kappa shape index (κ1) is 10.5. The van der Waals surface area contributed by atoms with Crippen LogP contribution in [0.5, 0.6) is 0 Å². The Kier molecular flexibility index (Phi) is 2.73. The molecular formula is C10H13F3N2. The summed E-state index contributed by atoms with van der Waals surface area (Å²) in [5.41, 5.74) is -0.475. The third-order valence-corrected chi connectivity index (χ3v) is 2.70. The molecule has 0 atom stereocenters. The van der Waals surface area contributed by atoms with E-state index in [-0.39, 0.29) is 6.54 Å². The van der Waals surface area contributed by atoms with Crippen molar-refractivity contribution in [1.82, 2.24) is 10.0 Å². The van der Waals surface area contributed by atoms with Crippen molar-refractivity contribution < 1.29 is 13.2 Å². The van der Waals surface area contributed by atoms with Crippen LogP contribution in [0.3, 0.4) is 0 Å². The maximum atomic E-state index is 12.5. The lowest BCUT2D eigenvalue weighted by molar-refractivity contribution is -0.101. The van der Waals surface area contributed by atoms with Crippen LogP contribution < -0.4 is 0 Å². The molecule has 0 aliphatic carbocycles. The molecule has 0 spiro atoms. The Morgan fingerprint density at radius 2 is 1.80 bits per heavy atom. The lowest BCUT2D eigenvalue weighted by Gasteiger charge is -2.33. The number of hydrogen-bond donors (Lipinski definition) is 0. The van der Waals surface area contributed by atoms with Gasteiger partial charge in [0, 0.05) is 19.3 Å². The molecule has 0 radical (unpaired) electrons. The summed E-state index contributed by atoms with van der Waals surface area (Å²) in [7, 11) is 0. The highest BCUT2D eigenvalue weighted by Gasteiger charge is 2.35. The zero-order valence-electron chi connectivity index (χ0n) is 8.30. The van der Waals surface area contributed by atoms with E-state index >= 15 is 0 Å². The SMILES string of the molecule is FC(F)(F)C1=CC=CN(N2CCCC2)C1. The lowest BCUT2D eigenvalue weighted by atomic mass is 10.2. The van der Waals surface area contributed by atoms with Crippen molar-refractivity contribution in [2.24, 2.45) is 0 Å². The number of allylic oxidation sites excluding steroid dienone is 2. The highest BCUT2D eigenvalue weighted by Crippen LogP contribution is 2.29. The smallest absolute Gasteiger partial charge is 0.309 e. The second kappa shape index (κ2) is 3.89. The molecule has 0 amide bonds. The fraction of sp³-hybridized carbons (Fsp3) is 0.600. The van der Waals surface area contributed by atoms with E-state index in [2.05, 4.69) is 0 Å². The molecule has 15 heavy (non-hydrogen) atoms. The fourth-order valence-electron chi connectivity index (χ4n) is 1.87. The van der Waals surface area contributed by atoms with Crippen LogP contribution in [0.4, 0.5) is 13.2 Å². The first-order valence-corrected chi connectivity index (χ1v) is 5.03. The molecule has 0 aromatic carbocycles. The van der Waals surface area contributed by atoms with Crippen LogP contribution in [-0.2, 0) is 0 Å². The zero-order chi connectivity index (χ0) is 10.9. The second-order valence-corrected chi connectivity index (χ2v) is 3.79. The highest BCUT2D eigenvalue weighted by atomic mass is 19.4. The normalized spacial score (nSPS) is 23.4. The summed E-state index contributed by atoms with van der Waals surface area (Å²) in [6.45, 7) is 1.66. The topological polar surface area (TPSA) is 6.48 Å². The lowest BCUT2D eigenvalue weighted by Crippen LogP contribution is -2.40. The van der Waals surface area contributed by atoms with E-state index in [9.17, 15) is 13.2 Å². The number of rotatable bonds is 1. The van der Waals surface area contributed by atoms with Crippen molar-refractivity contribution in [2.45, 2.75) is 19.0 Å². The van der Waals surface area contributed by atoms with Gasteiger partial charge in [0.2, 0.25) is 0 Å². The molecule has 1 fully saturated rings. The molecule has 0 aromatic heterocycles. The summed E-state index contributed by atoms with van der Waals surface area (Å²) in [6, 6.07) is 0. The van der Waals surface area contributed by atoms with Gasteiger partial charge in [-0.3, -0.25) is 0 Å². The minimum absolute atomic E-state index is 0.0556. The van der Waals surface area contributed by atoms with Gasteiger partial charge in [0.25, 0.3) is 0 Å². The van der Waals surface area contributed by atoms with Crippen LogP contribution >= 0.6 is 0 Å². The fourth-order valence-corrected chi connectivity index (χ4v) is 1.87. The molecule has 2 aliphatic rings. The Labute approximate surface area is 86.6 Å². The molecule has 0 saturated carbocycles. The van der Waals surface area contributed by atoms with Crippen molar-refractivity contribution in [3.63, 3.8) is 0 Å². The quantitative estimate of drug-likeness (QED) is 0.666. The Balaban J connectivity index is 2.03. The van der Waals surface area contributed by atoms with Gasteiger partial charge in [0.15, 0.2) is 0 Å². The number of hydrazine groups is 1. The maximum absolute atomic E-state index is 12.5. The van der Waals surface area contributed by atoms with Crippen LogP contribution in [0.2, 0.25) is 0 Å². The largest absolute Gasteiger partial charge is 0.414 e. The maximum Gasteiger partial charge on any atom is 0.414 e. The van der Waals surface area contributed by atoms with E-state index in [0.29, 0.717) is 0 Å². The van der Waals surface area contributed by atoms with Gasteiger partial charge in [0.05, 0.1) is 12.1 Å². The van der Waals surface area contributed by atoms with Gasteiger partial charge in [-0.2, -0.15) is 13.2 Å². The van der Waals surface area contributed by atoms with E-state index < -0.39 is 11.7 Å². The van der Waals surface area contributed by atoms with Gasteiger partial charge in [-0.15, -0.1) is 0 Å². The molecule has 2 aliphatic heterocycles. The first-order valence-electron chi connectivity index (χ1n) is 5.03. The minimum atomic E-state index is -4.21. The molecule has 0 aromatic rings. The molecule has 84 valence electrons. The standard InChI is InChI=1S/C10H13F3N2/c11-10(12,13)9-4-3-7-15(8-9)14-5-1-2-6-14/h3-4,7H,1-2,5-6,8H2.